The van der Waals surface area contributed by atoms with Gasteiger partial charge in [-0.05, 0) is 25.1 Å². The van der Waals surface area contributed by atoms with Gasteiger partial charge >= 0.3 is 0 Å². The van der Waals surface area contributed by atoms with Crippen molar-refractivity contribution in [2.75, 3.05) is 18.5 Å². The summed E-state index contributed by atoms with van der Waals surface area (Å²) in [6.07, 6.45) is 3.62. The van der Waals surface area contributed by atoms with Crippen LogP contribution < -0.4 is 10.2 Å². The van der Waals surface area contributed by atoms with Crippen LogP contribution in [0.15, 0.2) is 36.7 Å². The highest BCUT2D eigenvalue weighted by Gasteiger charge is 2.16. The number of anilines is 1. The summed E-state index contributed by atoms with van der Waals surface area (Å²) in [5.41, 5.74) is 2.03. The molecule has 1 heterocycles. The van der Waals surface area contributed by atoms with Crippen molar-refractivity contribution in [2.24, 2.45) is 0 Å². The first-order chi connectivity index (χ1) is 10.1. The quantitative estimate of drug-likeness (QED) is 0.887. The third-order valence-corrected chi connectivity index (χ3v) is 3.89. The maximum Gasteiger partial charge on any atom is 0.147 e. The smallest absolute Gasteiger partial charge is 0.147 e. The van der Waals surface area contributed by atoms with E-state index < -0.39 is 0 Å². The predicted octanol–water partition coefficient (Wildman–Crippen LogP) is 3.44. The molecule has 0 saturated carbocycles. The van der Waals surface area contributed by atoms with E-state index in [1.54, 1.807) is 6.20 Å². The van der Waals surface area contributed by atoms with Gasteiger partial charge in [0.1, 0.15) is 5.82 Å². The lowest BCUT2D eigenvalue weighted by Crippen LogP contribution is -2.23. The average molecular weight is 305 g/mol. The number of nitrogens with one attached hydrogen (secondary N) is 1. The lowest BCUT2D eigenvalue weighted by atomic mass is 10.1. The highest BCUT2D eigenvalue weighted by Crippen LogP contribution is 2.28. The number of benzene rings is 1. The molecular weight excluding hydrogens is 284 g/mol. The summed E-state index contributed by atoms with van der Waals surface area (Å²) >= 11 is 6.26. The molecule has 5 heteroatoms. The van der Waals surface area contributed by atoms with E-state index in [0.29, 0.717) is 0 Å². The number of hydrogen-bond acceptors (Lipinski definition) is 4. The van der Waals surface area contributed by atoms with E-state index in [-0.39, 0.29) is 6.04 Å². The SMILES string of the molecule is CCNCc1cnc(N(C)C(C)c2ccccc2Cl)cn1. The number of halogens is 1. The first kappa shape index (κ1) is 15.7. The van der Waals surface area contributed by atoms with Crippen LogP contribution in [0.4, 0.5) is 5.82 Å². The second-order valence-electron chi connectivity index (χ2n) is 4.95. The normalized spacial score (nSPS) is 12.2. The van der Waals surface area contributed by atoms with Crippen LogP contribution in [0.2, 0.25) is 5.02 Å². The molecule has 21 heavy (non-hydrogen) atoms. The van der Waals surface area contributed by atoms with Gasteiger partial charge in [0.25, 0.3) is 0 Å². The average Bonchev–Trinajstić information content (AvgIpc) is 2.52. The monoisotopic (exact) mass is 304 g/mol. The fourth-order valence-corrected chi connectivity index (χ4v) is 2.39. The van der Waals surface area contributed by atoms with Crippen molar-refractivity contribution in [3.05, 3.63) is 52.9 Å². The summed E-state index contributed by atoms with van der Waals surface area (Å²) in [7, 11) is 2.00. The van der Waals surface area contributed by atoms with Gasteiger partial charge in [-0.2, -0.15) is 0 Å². The van der Waals surface area contributed by atoms with E-state index in [1.165, 1.54) is 0 Å². The molecule has 1 unspecified atom stereocenters. The molecule has 0 saturated heterocycles. The lowest BCUT2D eigenvalue weighted by Gasteiger charge is -2.26. The highest BCUT2D eigenvalue weighted by molar-refractivity contribution is 6.31. The summed E-state index contributed by atoms with van der Waals surface area (Å²) in [5, 5.41) is 4.01. The second kappa shape index (κ2) is 7.38. The molecule has 0 aliphatic rings. The van der Waals surface area contributed by atoms with Crippen LogP contribution in [0.25, 0.3) is 0 Å². The third-order valence-electron chi connectivity index (χ3n) is 3.55. The molecule has 1 N–H and O–H groups in total. The van der Waals surface area contributed by atoms with Crippen LogP contribution in [0.3, 0.4) is 0 Å². The molecule has 0 radical (unpaired) electrons. The van der Waals surface area contributed by atoms with Crippen LogP contribution in [-0.2, 0) is 6.54 Å². The van der Waals surface area contributed by atoms with E-state index in [1.807, 2.05) is 37.5 Å². The zero-order valence-electron chi connectivity index (χ0n) is 12.7. The van der Waals surface area contributed by atoms with Crippen LogP contribution in [-0.4, -0.2) is 23.6 Å². The van der Waals surface area contributed by atoms with Gasteiger partial charge in [0, 0.05) is 18.6 Å². The standard InChI is InChI=1S/C16H21ClN4/c1-4-18-9-13-10-20-16(11-19-13)21(3)12(2)14-7-5-6-8-15(14)17/h5-8,10-12,18H,4,9H2,1-3H3. The van der Waals surface area contributed by atoms with Crippen LogP contribution in [0.1, 0.15) is 31.1 Å². The molecule has 0 fully saturated rings. The minimum absolute atomic E-state index is 0.132. The largest absolute Gasteiger partial charge is 0.352 e. The Kier molecular flexibility index (Phi) is 5.53. The highest BCUT2D eigenvalue weighted by atomic mass is 35.5. The molecule has 2 aromatic rings. The Morgan fingerprint density at radius 2 is 2.00 bits per heavy atom. The molecular formula is C16H21ClN4. The van der Waals surface area contributed by atoms with Gasteiger partial charge in [-0.3, -0.25) is 4.98 Å². The molecule has 0 aliphatic carbocycles. The molecule has 4 nitrogen and oxygen atoms in total. The first-order valence-electron chi connectivity index (χ1n) is 7.12. The Bertz CT molecular complexity index is 571. The Labute approximate surface area is 131 Å². The summed E-state index contributed by atoms with van der Waals surface area (Å²) < 4.78 is 0. The Hall–Kier alpha value is -1.65. The zero-order chi connectivity index (χ0) is 15.2. The van der Waals surface area contributed by atoms with Crippen molar-refractivity contribution in [3.63, 3.8) is 0 Å². The molecule has 2 rings (SSSR count). The van der Waals surface area contributed by atoms with Crippen LogP contribution in [0, 0.1) is 0 Å². The van der Waals surface area contributed by atoms with Crippen molar-refractivity contribution in [2.45, 2.75) is 26.4 Å². The topological polar surface area (TPSA) is 41.1 Å². The van der Waals surface area contributed by atoms with Crippen molar-refractivity contribution in [1.82, 2.24) is 15.3 Å². The van der Waals surface area contributed by atoms with Crippen LogP contribution >= 0.6 is 11.6 Å². The van der Waals surface area contributed by atoms with Crippen molar-refractivity contribution < 1.29 is 0 Å². The van der Waals surface area contributed by atoms with E-state index in [9.17, 15) is 0 Å². The van der Waals surface area contributed by atoms with Gasteiger partial charge in [-0.1, -0.05) is 36.7 Å². The Morgan fingerprint density at radius 3 is 2.62 bits per heavy atom. The summed E-state index contributed by atoms with van der Waals surface area (Å²) in [6.45, 7) is 5.84. The molecule has 0 spiro atoms. The number of hydrogen-bond donors (Lipinski definition) is 1. The maximum atomic E-state index is 6.26. The van der Waals surface area contributed by atoms with Gasteiger partial charge < -0.3 is 10.2 Å². The predicted molar refractivity (Wildman–Crippen MR) is 87.7 cm³/mol. The number of aromatic nitrogens is 2. The molecule has 112 valence electrons. The molecule has 1 aromatic carbocycles. The zero-order valence-corrected chi connectivity index (χ0v) is 13.4. The molecule has 0 aliphatic heterocycles. The van der Waals surface area contributed by atoms with E-state index in [0.717, 1.165) is 35.2 Å². The Balaban J connectivity index is 2.12. The van der Waals surface area contributed by atoms with Crippen molar-refractivity contribution in [3.8, 4) is 0 Å². The fourth-order valence-electron chi connectivity index (χ4n) is 2.10. The molecule has 0 amide bonds. The lowest BCUT2D eigenvalue weighted by molar-refractivity contribution is 0.698. The van der Waals surface area contributed by atoms with E-state index >= 15 is 0 Å². The molecule has 1 aromatic heterocycles. The van der Waals surface area contributed by atoms with Gasteiger partial charge in [0.2, 0.25) is 0 Å². The summed E-state index contributed by atoms with van der Waals surface area (Å²) in [5.74, 6) is 0.836. The minimum atomic E-state index is 0.132. The maximum absolute atomic E-state index is 6.26. The van der Waals surface area contributed by atoms with Crippen molar-refractivity contribution in [1.29, 1.82) is 0 Å². The summed E-state index contributed by atoms with van der Waals surface area (Å²) in [4.78, 5) is 11.0. The van der Waals surface area contributed by atoms with Gasteiger partial charge in [-0.15, -0.1) is 0 Å². The van der Waals surface area contributed by atoms with Gasteiger partial charge in [-0.25, -0.2) is 4.98 Å². The van der Waals surface area contributed by atoms with E-state index in [2.05, 4.69) is 34.0 Å². The van der Waals surface area contributed by atoms with Crippen molar-refractivity contribution >= 4 is 17.4 Å². The fraction of sp³-hybridized carbons (Fsp3) is 0.375. The molecule has 1 atom stereocenters. The number of nitrogens with zero attached hydrogens (tertiary/aromatic N) is 3. The number of rotatable bonds is 6. The first-order valence-corrected chi connectivity index (χ1v) is 7.50. The third kappa shape index (κ3) is 3.93. The summed E-state index contributed by atoms with van der Waals surface area (Å²) in [6, 6.07) is 8.01. The van der Waals surface area contributed by atoms with Crippen LogP contribution in [0.5, 0.6) is 0 Å². The van der Waals surface area contributed by atoms with Gasteiger partial charge in [0.05, 0.1) is 24.1 Å². The second-order valence-corrected chi connectivity index (χ2v) is 5.36. The molecule has 0 bridgehead atoms. The van der Waals surface area contributed by atoms with E-state index in [4.69, 9.17) is 11.6 Å². The van der Waals surface area contributed by atoms with Gasteiger partial charge in [0.15, 0.2) is 0 Å². The minimum Gasteiger partial charge on any atom is -0.352 e. The Morgan fingerprint density at radius 1 is 1.24 bits per heavy atom.